The van der Waals surface area contributed by atoms with E-state index in [0.717, 1.165) is 6.42 Å². The number of sulfonamides is 1. The molecule has 0 aliphatic heterocycles. The van der Waals surface area contributed by atoms with Gasteiger partial charge in [-0.25, -0.2) is 13.1 Å². The molecule has 6 nitrogen and oxygen atoms in total. The summed E-state index contributed by atoms with van der Waals surface area (Å²) >= 11 is 0. The molecule has 124 valence electrons. The molecule has 0 saturated heterocycles. The predicted octanol–water partition coefficient (Wildman–Crippen LogP) is 1.77. The maximum atomic E-state index is 11.8. The van der Waals surface area contributed by atoms with Crippen LogP contribution in [0.15, 0.2) is 24.3 Å². The van der Waals surface area contributed by atoms with Crippen molar-refractivity contribution in [2.45, 2.75) is 26.7 Å². The highest BCUT2D eigenvalue weighted by Gasteiger charge is 2.16. The number of hydrogen-bond donors (Lipinski definition) is 1. The highest BCUT2D eigenvalue weighted by molar-refractivity contribution is 7.89. The second-order valence-electron chi connectivity index (χ2n) is 4.91. The Kier molecular flexibility index (Phi) is 7.34. The molecule has 0 atom stereocenters. The molecule has 0 heterocycles. The van der Waals surface area contributed by atoms with Gasteiger partial charge in [-0.05, 0) is 18.6 Å². The monoisotopic (exact) mass is 328 g/mol. The number of rotatable bonds is 9. The van der Waals surface area contributed by atoms with Gasteiger partial charge in [-0.2, -0.15) is 0 Å². The Morgan fingerprint density at radius 3 is 2.59 bits per heavy atom. The average Bonchev–Trinajstić information content (AvgIpc) is 2.49. The van der Waals surface area contributed by atoms with E-state index in [4.69, 9.17) is 4.74 Å². The van der Waals surface area contributed by atoms with Gasteiger partial charge in [-0.1, -0.05) is 25.5 Å². The zero-order chi connectivity index (χ0) is 16.6. The number of amides is 1. The Morgan fingerprint density at radius 2 is 2.00 bits per heavy atom. The minimum absolute atomic E-state index is 0.109. The lowest BCUT2D eigenvalue weighted by Crippen LogP contribution is -2.38. The van der Waals surface area contributed by atoms with Gasteiger partial charge in [-0.3, -0.25) is 4.79 Å². The van der Waals surface area contributed by atoms with Gasteiger partial charge >= 0.3 is 0 Å². The number of ether oxygens (including phenoxy) is 1. The molecule has 1 N–H and O–H groups in total. The molecule has 0 radical (unpaired) electrons. The minimum atomic E-state index is -3.28. The summed E-state index contributed by atoms with van der Waals surface area (Å²) in [5.74, 6) is 0.516. The molecule has 1 aromatic rings. The van der Waals surface area contributed by atoms with Crippen molar-refractivity contribution in [1.82, 2.24) is 4.72 Å². The summed E-state index contributed by atoms with van der Waals surface area (Å²) in [5.41, 5.74) is 0.630. The lowest BCUT2D eigenvalue weighted by molar-refractivity contribution is -0.116. The standard InChI is InChI=1S/C15H24N2O4S/c1-4-5-12-22(19,20)16-10-11-17(13(2)18)14-8-6-7-9-15(14)21-3/h6-9,16H,4-5,10-12H2,1-3H3. The molecule has 0 fully saturated rings. The van der Waals surface area contributed by atoms with E-state index in [-0.39, 0.29) is 24.7 Å². The van der Waals surface area contributed by atoms with Gasteiger partial charge in [0, 0.05) is 20.0 Å². The molecule has 0 saturated carbocycles. The third kappa shape index (κ3) is 5.65. The Balaban J connectivity index is 2.72. The van der Waals surface area contributed by atoms with E-state index < -0.39 is 10.0 Å². The van der Waals surface area contributed by atoms with Crippen molar-refractivity contribution in [2.24, 2.45) is 0 Å². The number of nitrogens with zero attached hydrogens (tertiary/aromatic N) is 1. The highest BCUT2D eigenvalue weighted by atomic mass is 32.2. The first-order valence-corrected chi connectivity index (χ1v) is 8.95. The van der Waals surface area contributed by atoms with Crippen LogP contribution in [0, 0.1) is 0 Å². The lowest BCUT2D eigenvalue weighted by Gasteiger charge is -2.23. The SMILES string of the molecule is CCCCS(=O)(=O)NCCN(C(C)=O)c1ccccc1OC. The number of carbonyl (C=O) groups excluding carboxylic acids is 1. The molecule has 0 aliphatic carbocycles. The van der Waals surface area contributed by atoms with E-state index in [2.05, 4.69) is 4.72 Å². The maximum absolute atomic E-state index is 11.8. The number of hydrogen-bond acceptors (Lipinski definition) is 4. The largest absolute Gasteiger partial charge is 0.495 e. The summed E-state index contributed by atoms with van der Waals surface area (Å²) in [6.07, 6.45) is 1.44. The number of para-hydroxylation sites is 2. The Hall–Kier alpha value is -1.60. The second-order valence-corrected chi connectivity index (χ2v) is 6.84. The van der Waals surface area contributed by atoms with Gasteiger partial charge < -0.3 is 9.64 Å². The normalized spacial score (nSPS) is 11.2. The van der Waals surface area contributed by atoms with Crippen LogP contribution in [-0.4, -0.2) is 40.3 Å². The first-order chi connectivity index (χ1) is 10.4. The Labute approximate surface area is 132 Å². The van der Waals surface area contributed by atoms with Crippen LogP contribution in [0.3, 0.4) is 0 Å². The molecule has 7 heteroatoms. The number of nitrogens with one attached hydrogen (secondary N) is 1. The van der Waals surface area contributed by atoms with Crippen molar-refractivity contribution >= 4 is 21.6 Å². The van der Waals surface area contributed by atoms with E-state index in [1.807, 2.05) is 13.0 Å². The van der Waals surface area contributed by atoms with Crippen LogP contribution < -0.4 is 14.4 Å². The van der Waals surface area contributed by atoms with E-state index in [0.29, 0.717) is 17.9 Å². The summed E-state index contributed by atoms with van der Waals surface area (Å²) in [5, 5.41) is 0. The van der Waals surface area contributed by atoms with Crippen LogP contribution in [0.1, 0.15) is 26.7 Å². The summed E-state index contributed by atoms with van der Waals surface area (Å²) in [4.78, 5) is 13.3. The van der Waals surface area contributed by atoms with Crippen molar-refractivity contribution in [3.05, 3.63) is 24.3 Å². The van der Waals surface area contributed by atoms with Gasteiger partial charge in [0.05, 0.1) is 18.6 Å². The van der Waals surface area contributed by atoms with Crippen molar-refractivity contribution < 1.29 is 17.9 Å². The van der Waals surface area contributed by atoms with Crippen LogP contribution in [0.5, 0.6) is 5.75 Å². The van der Waals surface area contributed by atoms with Gasteiger partial charge in [-0.15, -0.1) is 0 Å². The van der Waals surface area contributed by atoms with Crippen LogP contribution in [-0.2, 0) is 14.8 Å². The van der Waals surface area contributed by atoms with Gasteiger partial charge in [0.1, 0.15) is 5.75 Å². The fraction of sp³-hybridized carbons (Fsp3) is 0.533. The van der Waals surface area contributed by atoms with E-state index in [1.54, 1.807) is 18.2 Å². The molecule has 0 unspecified atom stereocenters. The zero-order valence-corrected chi connectivity index (χ0v) is 14.1. The number of carbonyl (C=O) groups is 1. The van der Waals surface area contributed by atoms with Gasteiger partial charge in [0.15, 0.2) is 0 Å². The molecule has 1 rings (SSSR count). The van der Waals surface area contributed by atoms with E-state index in [9.17, 15) is 13.2 Å². The fourth-order valence-electron chi connectivity index (χ4n) is 2.02. The molecule has 0 spiro atoms. The fourth-order valence-corrected chi connectivity index (χ4v) is 3.24. The smallest absolute Gasteiger partial charge is 0.224 e. The van der Waals surface area contributed by atoms with Crippen LogP contribution >= 0.6 is 0 Å². The van der Waals surface area contributed by atoms with Gasteiger partial charge in [0.2, 0.25) is 15.9 Å². The van der Waals surface area contributed by atoms with Crippen LogP contribution in [0.2, 0.25) is 0 Å². The molecule has 0 aromatic heterocycles. The molecular weight excluding hydrogens is 304 g/mol. The topological polar surface area (TPSA) is 75.7 Å². The average molecular weight is 328 g/mol. The number of anilines is 1. The molecule has 22 heavy (non-hydrogen) atoms. The number of unbranched alkanes of at least 4 members (excludes halogenated alkanes) is 1. The Bertz CT molecular complexity index is 587. The van der Waals surface area contributed by atoms with Crippen molar-refractivity contribution in [3.63, 3.8) is 0 Å². The number of benzene rings is 1. The molecule has 1 aromatic carbocycles. The molecule has 1 amide bonds. The second kappa shape index (κ2) is 8.75. The lowest BCUT2D eigenvalue weighted by atomic mass is 10.2. The van der Waals surface area contributed by atoms with Crippen molar-refractivity contribution in [1.29, 1.82) is 0 Å². The summed E-state index contributed by atoms with van der Waals surface area (Å²) in [6, 6.07) is 7.15. The summed E-state index contributed by atoms with van der Waals surface area (Å²) in [6.45, 7) is 3.80. The quantitative estimate of drug-likeness (QED) is 0.749. The third-order valence-corrected chi connectivity index (χ3v) is 4.65. The van der Waals surface area contributed by atoms with Crippen molar-refractivity contribution in [3.8, 4) is 5.75 Å². The number of methoxy groups -OCH3 is 1. The molecule has 0 bridgehead atoms. The zero-order valence-electron chi connectivity index (χ0n) is 13.3. The highest BCUT2D eigenvalue weighted by Crippen LogP contribution is 2.27. The minimum Gasteiger partial charge on any atom is -0.495 e. The molecular formula is C15H24N2O4S. The van der Waals surface area contributed by atoms with Gasteiger partial charge in [0.25, 0.3) is 0 Å². The van der Waals surface area contributed by atoms with Crippen LogP contribution in [0.4, 0.5) is 5.69 Å². The maximum Gasteiger partial charge on any atom is 0.224 e. The first-order valence-electron chi connectivity index (χ1n) is 7.29. The first kappa shape index (κ1) is 18.4. The van der Waals surface area contributed by atoms with E-state index in [1.165, 1.54) is 18.9 Å². The van der Waals surface area contributed by atoms with E-state index >= 15 is 0 Å². The van der Waals surface area contributed by atoms with Crippen molar-refractivity contribution in [2.75, 3.05) is 30.9 Å². The summed E-state index contributed by atoms with van der Waals surface area (Å²) in [7, 11) is -1.75. The summed E-state index contributed by atoms with van der Waals surface area (Å²) < 4.78 is 31.3. The molecule has 0 aliphatic rings. The predicted molar refractivity (Wildman–Crippen MR) is 87.7 cm³/mol. The Morgan fingerprint density at radius 1 is 1.32 bits per heavy atom. The third-order valence-electron chi connectivity index (χ3n) is 3.18. The van der Waals surface area contributed by atoms with Crippen LogP contribution in [0.25, 0.3) is 0 Å².